The SMILES string of the molecule is CCN(CC(=O)Nc1cccc(OC)c1)Cc1ccc2[nH]ccc2c1. The molecular weight excluding hydrogens is 314 g/mol. The summed E-state index contributed by atoms with van der Waals surface area (Å²) < 4.78 is 5.18. The summed E-state index contributed by atoms with van der Waals surface area (Å²) in [6, 6.07) is 15.8. The molecule has 3 rings (SSSR count). The number of fused-ring (bicyclic) bond motifs is 1. The number of nitrogens with one attached hydrogen (secondary N) is 2. The maximum absolute atomic E-state index is 12.3. The minimum atomic E-state index is -0.0298. The number of aromatic nitrogens is 1. The van der Waals surface area contributed by atoms with E-state index in [2.05, 4.69) is 46.4 Å². The van der Waals surface area contributed by atoms with Crippen LogP contribution in [0.25, 0.3) is 10.9 Å². The highest BCUT2D eigenvalue weighted by atomic mass is 16.5. The number of methoxy groups -OCH3 is 1. The minimum absolute atomic E-state index is 0.0298. The third-order valence-corrected chi connectivity index (χ3v) is 4.19. The van der Waals surface area contributed by atoms with E-state index in [1.165, 1.54) is 10.9 Å². The third kappa shape index (κ3) is 4.39. The van der Waals surface area contributed by atoms with E-state index in [4.69, 9.17) is 4.74 Å². The zero-order chi connectivity index (χ0) is 17.6. The number of carbonyl (C=O) groups excluding carboxylic acids is 1. The van der Waals surface area contributed by atoms with E-state index in [1.54, 1.807) is 7.11 Å². The van der Waals surface area contributed by atoms with Gasteiger partial charge in [-0.15, -0.1) is 0 Å². The molecule has 0 aliphatic rings. The van der Waals surface area contributed by atoms with Crippen LogP contribution in [0, 0.1) is 0 Å². The highest BCUT2D eigenvalue weighted by molar-refractivity contribution is 5.92. The molecule has 3 aromatic rings. The van der Waals surface area contributed by atoms with Gasteiger partial charge >= 0.3 is 0 Å². The number of hydrogen-bond acceptors (Lipinski definition) is 3. The van der Waals surface area contributed by atoms with E-state index in [9.17, 15) is 4.79 Å². The van der Waals surface area contributed by atoms with Gasteiger partial charge in [-0.3, -0.25) is 9.69 Å². The molecule has 0 fully saturated rings. The van der Waals surface area contributed by atoms with Gasteiger partial charge in [0, 0.05) is 30.0 Å². The fraction of sp³-hybridized carbons (Fsp3) is 0.250. The molecule has 1 heterocycles. The Bertz CT molecular complexity index is 857. The number of ether oxygens (including phenoxy) is 1. The molecule has 25 heavy (non-hydrogen) atoms. The summed E-state index contributed by atoms with van der Waals surface area (Å²) in [4.78, 5) is 17.7. The second kappa shape index (κ2) is 7.85. The van der Waals surface area contributed by atoms with E-state index < -0.39 is 0 Å². The molecule has 1 amide bonds. The highest BCUT2D eigenvalue weighted by Crippen LogP contribution is 2.17. The van der Waals surface area contributed by atoms with Crippen molar-refractivity contribution in [3.63, 3.8) is 0 Å². The van der Waals surface area contributed by atoms with Gasteiger partial charge in [-0.1, -0.05) is 19.1 Å². The second-order valence-electron chi connectivity index (χ2n) is 5.98. The molecule has 0 radical (unpaired) electrons. The van der Waals surface area contributed by atoms with Gasteiger partial charge < -0.3 is 15.0 Å². The molecule has 2 aromatic carbocycles. The predicted octanol–water partition coefficient (Wildman–Crippen LogP) is 3.64. The van der Waals surface area contributed by atoms with Gasteiger partial charge in [0.1, 0.15) is 5.75 Å². The quantitative estimate of drug-likeness (QED) is 0.692. The van der Waals surface area contributed by atoms with Gasteiger partial charge in [-0.25, -0.2) is 0 Å². The summed E-state index contributed by atoms with van der Waals surface area (Å²) in [5, 5.41) is 4.12. The first-order valence-electron chi connectivity index (χ1n) is 8.40. The van der Waals surface area contributed by atoms with Crippen molar-refractivity contribution in [1.29, 1.82) is 0 Å². The van der Waals surface area contributed by atoms with E-state index in [0.29, 0.717) is 6.54 Å². The van der Waals surface area contributed by atoms with Crippen molar-refractivity contribution < 1.29 is 9.53 Å². The van der Waals surface area contributed by atoms with E-state index >= 15 is 0 Å². The summed E-state index contributed by atoms with van der Waals surface area (Å²) in [5.74, 6) is 0.697. The molecule has 0 unspecified atom stereocenters. The van der Waals surface area contributed by atoms with Crippen LogP contribution < -0.4 is 10.1 Å². The fourth-order valence-corrected chi connectivity index (χ4v) is 2.84. The van der Waals surface area contributed by atoms with Crippen LogP contribution >= 0.6 is 0 Å². The third-order valence-electron chi connectivity index (χ3n) is 4.19. The fourth-order valence-electron chi connectivity index (χ4n) is 2.84. The molecule has 1 aromatic heterocycles. The number of rotatable bonds is 7. The van der Waals surface area contributed by atoms with Gasteiger partial charge in [-0.2, -0.15) is 0 Å². The van der Waals surface area contributed by atoms with Crippen LogP contribution in [-0.2, 0) is 11.3 Å². The number of likely N-dealkylation sites (N-methyl/N-ethyl adjacent to an activating group) is 1. The van der Waals surface area contributed by atoms with E-state index in [-0.39, 0.29) is 5.91 Å². The van der Waals surface area contributed by atoms with Gasteiger partial charge in [0.25, 0.3) is 0 Å². The zero-order valence-electron chi connectivity index (χ0n) is 14.6. The molecule has 0 aliphatic carbocycles. The summed E-state index contributed by atoms with van der Waals surface area (Å²) in [7, 11) is 1.61. The first-order valence-corrected chi connectivity index (χ1v) is 8.40. The van der Waals surface area contributed by atoms with Crippen molar-refractivity contribution in [2.24, 2.45) is 0 Å². The molecule has 2 N–H and O–H groups in total. The molecule has 5 heteroatoms. The predicted molar refractivity (Wildman–Crippen MR) is 101 cm³/mol. The smallest absolute Gasteiger partial charge is 0.238 e. The number of benzene rings is 2. The minimum Gasteiger partial charge on any atom is -0.497 e. The molecule has 0 atom stereocenters. The van der Waals surface area contributed by atoms with Crippen molar-refractivity contribution in [3.05, 3.63) is 60.3 Å². The Labute approximate surface area is 147 Å². The van der Waals surface area contributed by atoms with Crippen LogP contribution in [0.3, 0.4) is 0 Å². The van der Waals surface area contributed by atoms with Gasteiger partial charge in [0.2, 0.25) is 5.91 Å². The lowest BCUT2D eigenvalue weighted by Crippen LogP contribution is -2.32. The molecular formula is C20H23N3O2. The standard InChI is InChI=1S/C20H23N3O2/c1-3-23(13-15-7-8-19-16(11-15)9-10-21-19)14-20(24)22-17-5-4-6-18(12-17)25-2/h4-12,21H,3,13-14H2,1-2H3,(H,22,24). The molecule has 0 saturated heterocycles. The molecule has 0 spiro atoms. The Hall–Kier alpha value is -2.79. The Morgan fingerprint density at radius 3 is 2.88 bits per heavy atom. The van der Waals surface area contributed by atoms with Crippen molar-refractivity contribution in [3.8, 4) is 5.75 Å². The maximum atomic E-state index is 12.3. The number of nitrogens with zero attached hydrogens (tertiary/aromatic N) is 1. The average Bonchev–Trinajstić information content (AvgIpc) is 3.09. The first-order chi connectivity index (χ1) is 12.2. The van der Waals surface area contributed by atoms with Crippen molar-refractivity contribution in [2.75, 3.05) is 25.5 Å². The lowest BCUT2D eigenvalue weighted by molar-refractivity contribution is -0.117. The van der Waals surface area contributed by atoms with Crippen molar-refractivity contribution >= 4 is 22.5 Å². The summed E-state index contributed by atoms with van der Waals surface area (Å²) in [5.41, 5.74) is 3.07. The lowest BCUT2D eigenvalue weighted by Gasteiger charge is -2.20. The second-order valence-corrected chi connectivity index (χ2v) is 5.98. The monoisotopic (exact) mass is 337 g/mol. The van der Waals surface area contributed by atoms with Gasteiger partial charge in [0.15, 0.2) is 0 Å². The lowest BCUT2D eigenvalue weighted by atomic mass is 10.1. The Kier molecular flexibility index (Phi) is 5.36. The maximum Gasteiger partial charge on any atom is 0.238 e. The van der Waals surface area contributed by atoms with Crippen LogP contribution in [0.2, 0.25) is 0 Å². The largest absolute Gasteiger partial charge is 0.497 e. The van der Waals surface area contributed by atoms with Gasteiger partial charge in [0.05, 0.1) is 13.7 Å². The number of carbonyl (C=O) groups is 1. The summed E-state index contributed by atoms with van der Waals surface area (Å²) in [6.45, 7) is 3.95. The molecule has 0 bridgehead atoms. The molecule has 0 saturated carbocycles. The Morgan fingerprint density at radius 1 is 1.20 bits per heavy atom. The number of hydrogen-bond donors (Lipinski definition) is 2. The first kappa shape index (κ1) is 17.0. The van der Waals surface area contributed by atoms with E-state index in [1.807, 2.05) is 30.5 Å². The van der Waals surface area contributed by atoms with Crippen molar-refractivity contribution in [1.82, 2.24) is 9.88 Å². The van der Waals surface area contributed by atoms with Crippen LogP contribution in [0.1, 0.15) is 12.5 Å². The zero-order valence-corrected chi connectivity index (χ0v) is 14.6. The number of aromatic amines is 1. The average molecular weight is 337 g/mol. The molecule has 0 aliphatic heterocycles. The highest BCUT2D eigenvalue weighted by Gasteiger charge is 2.11. The Morgan fingerprint density at radius 2 is 2.08 bits per heavy atom. The normalized spacial score (nSPS) is 11.0. The summed E-state index contributed by atoms with van der Waals surface area (Å²) in [6.07, 6.45) is 1.94. The topological polar surface area (TPSA) is 57.4 Å². The molecule has 5 nitrogen and oxygen atoms in total. The van der Waals surface area contributed by atoms with Gasteiger partial charge in [-0.05, 0) is 47.8 Å². The molecule has 130 valence electrons. The number of amides is 1. The number of anilines is 1. The van der Waals surface area contributed by atoms with Crippen molar-refractivity contribution in [2.45, 2.75) is 13.5 Å². The summed E-state index contributed by atoms with van der Waals surface area (Å²) >= 11 is 0. The van der Waals surface area contributed by atoms with Crippen LogP contribution in [-0.4, -0.2) is 36.0 Å². The van der Waals surface area contributed by atoms with E-state index in [0.717, 1.165) is 30.0 Å². The van der Waals surface area contributed by atoms with Crippen LogP contribution in [0.15, 0.2) is 54.7 Å². The number of H-pyrrole nitrogens is 1. The van der Waals surface area contributed by atoms with Crippen LogP contribution in [0.5, 0.6) is 5.75 Å². The van der Waals surface area contributed by atoms with Crippen LogP contribution in [0.4, 0.5) is 5.69 Å². The Balaban J connectivity index is 1.61.